The summed E-state index contributed by atoms with van der Waals surface area (Å²) in [6.07, 6.45) is 4.16. The molecule has 1 fully saturated rings. The predicted octanol–water partition coefficient (Wildman–Crippen LogP) is 3.06. The van der Waals surface area contributed by atoms with Crippen molar-refractivity contribution in [2.75, 3.05) is 0 Å². The Morgan fingerprint density at radius 3 is 2.68 bits per heavy atom. The van der Waals surface area contributed by atoms with Gasteiger partial charge in [0, 0.05) is 5.92 Å². The molecule has 22 heavy (non-hydrogen) atoms. The van der Waals surface area contributed by atoms with Crippen LogP contribution in [0.25, 0.3) is 0 Å². The van der Waals surface area contributed by atoms with Crippen LogP contribution in [-0.4, -0.2) is 17.9 Å². The minimum atomic E-state index is -0.602. The molecule has 4 heteroatoms. The molecule has 0 saturated heterocycles. The van der Waals surface area contributed by atoms with Crippen LogP contribution < -0.4 is 5.32 Å². The molecule has 0 aromatic heterocycles. The molecule has 0 heterocycles. The van der Waals surface area contributed by atoms with Crippen LogP contribution in [0.15, 0.2) is 30.3 Å². The van der Waals surface area contributed by atoms with Crippen molar-refractivity contribution in [3.8, 4) is 0 Å². The van der Waals surface area contributed by atoms with E-state index in [1.165, 1.54) is 0 Å². The van der Waals surface area contributed by atoms with Gasteiger partial charge >= 0.3 is 5.97 Å². The van der Waals surface area contributed by atoms with Crippen molar-refractivity contribution in [2.45, 2.75) is 52.2 Å². The van der Waals surface area contributed by atoms with Crippen LogP contribution in [0.5, 0.6) is 0 Å². The fourth-order valence-electron chi connectivity index (χ4n) is 3.10. The van der Waals surface area contributed by atoms with Gasteiger partial charge in [0.25, 0.3) is 0 Å². The molecule has 120 valence electrons. The fraction of sp³-hybridized carbons (Fsp3) is 0.556. The van der Waals surface area contributed by atoms with E-state index in [0.717, 1.165) is 31.2 Å². The summed E-state index contributed by atoms with van der Waals surface area (Å²) in [5, 5.41) is 2.81. The van der Waals surface area contributed by atoms with Gasteiger partial charge in [-0.15, -0.1) is 0 Å². The summed E-state index contributed by atoms with van der Waals surface area (Å²) in [5.41, 5.74) is 0.941. The molecule has 4 nitrogen and oxygen atoms in total. The van der Waals surface area contributed by atoms with Crippen molar-refractivity contribution in [2.24, 2.45) is 11.8 Å². The lowest BCUT2D eigenvalue weighted by atomic mass is 9.93. The highest BCUT2D eigenvalue weighted by Crippen LogP contribution is 2.34. The van der Waals surface area contributed by atoms with Crippen molar-refractivity contribution < 1.29 is 14.3 Å². The third-order valence-electron chi connectivity index (χ3n) is 4.46. The molecule has 3 atom stereocenters. The van der Waals surface area contributed by atoms with Crippen molar-refractivity contribution in [3.05, 3.63) is 35.9 Å². The quantitative estimate of drug-likeness (QED) is 0.822. The molecule has 0 radical (unpaired) electrons. The molecule has 0 spiro atoms. The van der Waals surface area contributed by atoms with Crippen LogP contribution >= 0.6 is 0 Å². The Kier molecular flexibility index (Phi) is 5.99. The summed E-state index contributed by atoms with van der Waals surface area (Å²) in [7, 11) is 0. The molecule has 1 N–H and O–H groups in total. The summed E-state index contributed by atoms with van der Waals surface area (Å²) in [5.74, 6) is 0.110. The first-order valence-electron chi connectivity index (χ1n) is 8.12. The van der Waals surface area contributed by atoms with Gasteiger partial charge in [0.15, 0.2) is 0 Å². The first kappa shape index (κ1) is 16.5. The molecule has 0 bridgehead atoms. The Morgan fingerprint density at radius 2 is 2.00 bits per heavy atom. The normalized spacial score (nSPS) is 22.1. The molecule has 1 saturated carbocycles. The third kappa shape index (κ3) is 4.33. The molecule has 2 rings (SSSR count). The Balaban J connectivity index is 1.79. The number of esters is 1. The molecule has 1 aliphatic carbocycles. The first-order chi connectivity index (χ1) is 10.6. The summed E-state index contributed by atoms with van der Waals surface area (Å²) in [6, 6.07) is 8.93. The van der Waals surface area contributed by atoms with E-state index in [9.17, 15) is 9.59 Å². The highest BCUT2D eigenvalue weighted by atomic mass is 16.5. The summed E-state index contributed by atoms with van der Waals surface area (Å²) >= 11 is 0. The second kappa shape index (κ2) is 7.97. The Morgan fingerprint density at radius 1 is 1.27 bits per heavy atom. The zero-order valence-corrected chi connectivity index (χ0v) is 13.4. The van der Waals surface area contributed by atoms with Gasteiger partial charge in [0.2, 0.25) is 5.91 Å². The number of hydrogen-bond donors (Lipinski definition) is 1. The summed E-state index contributed by atoms with van der Waals surface area (Å²) in [4.78, 5) is 24.3. The van der Waals surface area contributed by atoms with E-state index in [1.54, 1.807) is 6.92 Å². The average Bonchev–Trinajstić information content (AvgIpc) is 3.02. The van der Waals surface area contributed by atoms with Gasteiger partial charge in [-0.25, -0.2) is 4.79 Å². The molecule has 1 aliphatic rings. The maximum atomic E-state index is 12.3. The molecular formula is C18H25NO3. The number of amides is 1. The van der Waals surface area contributed by atoms with E-state index < -0.39 is 6.04 Å². The molecule has 1 amide bonds. The van der Waals surface area contributed by atoms with Gasteiger partial charge in [0.05, 0.1) is 0 Å². The number of ether oxygens (including phenoxy) is 1. The van der Waals surface area contributed by atoms with E-state index in [1.807, 2.05) is 30.3 Å². The second-order valence-corrected chi connectivity index (χ2v) is 6.03. The summed E-state index contributed by atoms with van der Waals surface area (Å²) < 4.78 is 5.25. The predicted molar refractivity (Wildman–Crippen MR) is 85.0 cm³/mol. The molecule has 0 aliphatic heterocycles. The third-order valence-corrected chi connectivity index (χ3v) is 4.46. The highest BCUT2D eigenvalue weighted by Gasteiger charge is 2.33. The number of carbonyl (C=O) groups is 2. The minimum absolute atomic E-state index is 0.00601. The largest absolute Gasteiger partial charge is 0.459 e. The van der Waals surface area contributed by atoms with Gasteiger partial charge in [-0.2, -0.15) is 0 Å². The second-order valence-electron chi connectivity index (χ2n) is 6.03. The zero-order valence-electron chi connectivity index (χ0n) is 13.4. The molecule has 1 aromatic carbocycles. The number of nitrogens with one attached hydrogen (secondary N) is 1. The molecular weight excluding hydrogens is 278 g/mol. The van der Waals surface area contributed by atoms with Gasteiger partial charge in [-0.3, -0.25) is 4.79 Å². The Bertz CT molecular complexity index is 500. The SMILES string of the molecule is CC[C@@H]1CCC[C@H]1C(=O)N[C@@H](C)C(=O)OCc1ccccc1. The van der Waals surface area contributed by atoms with Gasteiger partial charge in [0.1, 0.15) is 12.6 Å². The lowest BCUT2D eigenvalue weighted by Crippen LogP contribution is -2.43. The van der Waals surface area contributed by atoms with E-state index in [-0.39, 0.29) is 24.4 Å². The van der Waals surface area contributed by atoms with Gasteiger partial charge < -0.3 is 10.1 Å². The van der Waals surface area contributed by atoms with Crippen LogP contribution in [0.3, 0.4) is 0 Å². The Labute approximate surface area is 132 Å². The summed E-state index contributed by atoms with van der Waals surface area (Å²) in [6.45, 7) is 4.04. The van der Waals surface area contributed by atoms with Gasteiger partial charge in [-0.1, -0.05) is 50.1 Å². The van der Waals surface area contributed by atoms with Crippen LogP contribution in [0.1, 0.15) is 45.1 Å². The standard InChI is InChI=1S/C18H25NO3/c1-3-15-10-7-11-16(15)17(20)19-13(2)18(21)22-12-14-8-5-4-6-9-14/h4-6,8-9,13,15-16H,3,7,10-12H2,1-2H3,(H,19,20)/t13-,15+,16+/m0/s1. The fourth-order valence-corrected chi connectivity index (χ4v) is 3.10. The lowest BCUT2D eigenvalue weighted by molar-refractivity contribution is -0.149. The Hall–Kier alpha value is -1.84. The monoisotopic (exact) mass is 303 g/mol. The van der Waals surface area contributed by atoms with Crippen LogP contribution in [0, 0.1) is 11.8 Å². The average molecular weight is 303 g/mol. The van der Waals surface area contributed by atoms with Crippen molar-refractivity contribution >= 4 is 11.9 Å². The van der Waals surface area contributed by atoms with Crippen LogP contribution in [0.2, 0.25) is 0 Å². The van der Waals surface area contributed by atoms with E-state index in [4.69, 9.17) is 4.74 Å². The first-order valence-corrected chi connectivity index (χ1v) is 8.12. The molecule has 0 unspecified atom stereocenters. The topological polar surface area (TPSA) is 55.4 Å². The van der Waals surface area contributed by atoms with Crippen molar-refractivity contribution in [1.82, 2.24) is 5.32 Å². The molecule has 1 aromatic rings. The van der Waals surface area contributed by atoms with Gasteiger partial charge in [-0.05, 0) is 31.2 Å². The van der Waals surface area contributed by atoms with E-state index in [0.29, 0.717) is 5.92 Å². The highest BCUT2D eigenvalue weighted by molar-refractivity contribution is 5.85. The minimum Gasteiger partial charge on any atom is -0.459 e. The number of benzene rings is 1. The number of rotatable bonds is 6. The zero-order chi connectivity index (χ0) is 15.9. The smallest absolute Gasteiger partial charge is 0.328 e. The van der Waals surface area contributed by atoms with E-state index in [2.05, 4.69) is 12.2 Å². The number of carbonyl (C=O) groups excluding carboxylic acids is 2. The van der Waals surface area contributed by atoms with Crippen molar-refractivity contribution in [3.63, 3.8) is 0 Å². The van der Waals surface area contributed by atoms with E-state index >= 15 is 0 Å². The van der Waals surface area contributed by atoms with Crippen LogP contribution in [-0.2, 0) is 20.9 Å². The lowest BCUT2D eigenvalue weighted by Gasteiger charge is -2.20. The van der Waals surface area contributed by atoms with Crippen molar-refractivity contribution in [1.29, 1.82) is 0 Å². The number of hydrogen-bond acceptors (Lipinski definition) is 3. The van der Waals surface area contributed by atoms with Crippen LogP contribution in [0.4, 0.5) is 0 Å². The maximum absolute atomic E-state index is 12.3. The maximum Gasteiger partial charge on any atom is 0.328 e.